The van der Waals surface area contributed by atoms with Crippen molar-refractivity contribution in [1.29, 1.82) is 0 Å². The molecule has 0 aromatic rings. The standard InChI is InChI=1S/C82H160O17P2/c1-8-10-11-12-13-14-15-16-17-18-19-20-24-27-30-36-41-49-56-63-79(84)92-69-77(98-81(86)65-58-51-42-37-31-28-25-22-21-23-26-29-34-39-46-53-60-73(3)4)71-96-100(88,89)94-67-76(83)68-95-101(90,91)97-72-78(70-93-80(85)64-57-50-45-44-48-55-62-75(7)9-2)99-82(87)66-59-52-43-38-33-32-35-40-47-54-61-74(5)6/h73-78,83H,8-72H2,1-7H3,(H,88,89)(H,90,91)/t75?,76-,77-,78-/m1/s1. The average Bonchev–Trinajstić information content (AvgIpc) is 0.923. The van der Waals surface area contributed by atoms with Crippen LogP contribution in [-0.2, 0) is 65.4 Å². The summed E-state index contributed by atoms with van der Waals surface area (Å²) in [6.07, 6.45) is 61.2. The molecule has 0 heterocycles. The van der Waals surface area contributed by atoms with Gasteiger partial charge in [-0.05, 0) is 43.4 Å². The first kappa shape index (κ1) is 99.1. The summed E-state index contributed by atoms with van der Waals surface area (Å²) in [5.41, 5.74) is 0. The Kier molecular flexibility index (Phi) is 70.9. The van der Waals surface area contributed by atoms with Gasteiger partial charge in [0.1, 0.15) is 19.3 Å². The summed E-state index contributed by atoms with van der Waals surface area (Å²) in [4.78, 5) is 73.0. The lowest BCUT2D eigenvalue weighted by Crippen LogP contribution is -2.30. The second kappa shape index (κ2) is 72.3. The fourth-order valence-electron chi connectivity index (χ4n) is 12.6. The highest BCUT2D eigenvalue weighted by Gasteiger charge is 2.30. The highest BCUT2D eigenvalue weighted by molar-refractivity contribution is 7.47. The van der Waals surface area contributed by atoms with Crippen molar-refractivity contribution in [3.63, 3.8) is 0 Å². The Labute approximate surface area is 619 Å². The van der Waals surface area contributed by atoms with Crippen LogP contribution in [0.15, 0.2) is 0 Å². The lowest BCUT2D eigenvalue weighted by molar-refractivity contribution is -0.161. The number of esters is 4. The van der Waals surface area contributed by atoms with E-state index < -0.39 is 97.5 Å². The number of unbranched alkanes of at least 4 members (excludes halogenated alkanes) is 47. The van der Waals surface area contributed by atoms with Gasteiger partial charge in [0, 0.05) is 25.7 Å². The average molecular weight is 1480 g/mol. The van der Waals surface area contributed by atoms with Gasteiger partial charge in [0.25, 0.3) is 0 Å². The van der Waals surface area contributed by atoms with Crippen molar-refractivity contribution in [2.45, 2.75) is 446 Å². The van der Waals surface area contributed by atoms with Gasteiger partial charge in [0.2, 0.25) is 0 Å². The van der Waals surface area contributed by atoms with Crippen LogP contribution in [0.5, 0.6) is 0 Å². The molecule has 3 N–H and O–H groups in total. The fourth-order valence-corrected chi connectivity index (χ4v) is 14.2. The van der Waals surface area contributed by atoms with E-state index in [4.69, 9.17) is 37.0 Å². The molecule has 0 fully saturated rings. The molecule has 19 heteroatoms. The minimum absolute atomic E-state index is 0.105. The molecule has 17 nitrogen and oxygen atoms in total. The summed E-state index contributed by atoms with van der Waals surface area (Å²) in [6.45, 7) is 11.9. The third-order valence-corrected chi connectivity index (χ3v) is 21.4. The molecule has 6 atom stereocenters. The van der Waals surface area contributed by atoms with E-state index in [1.807, 2.05) is 0 Å². The molecular weight excluding hydrogens is 1320 g/mol. The van der Waals surface area contributed by atoms with E-state index in [2.05, 4.69) is 48.5 Å². The van der Waals surface area contributed by atoms with Crippen LogP contribution in [0.3, 0.4) is 0 Å². The zero-order valence-corrected chi connectivity index (χ0v) is 68.2. The quantitative estimate of drug-likeness (QED) is 0.0222. The van der Waals surface area contributed by atoms with Crippen LogP contribution in [0.1, 0.15) is 427 Å². The molecule has 0 spiro atoms. The van der Waals surface area contributed by atoms with Gasteiger partial charge in [0.05, 0.1) is 26.4 Å². The second-order valence-corrected chi connectivity index (χ2v) is 33.6. The van der Waals surface area contributed by atoms with Crippen molar-refractivity contribution in [3.05, 3.63) is 0 Å². The van der Waals surface area contributed by atoms with E-state index in [-0.39, 0.29) is 25.7 Å². The predicted octanol–water partition coefficient (Wildman–Crippen LogP) is 24.5. The van der Waals surface area contributed by atoms with Gasteiger partial charge in [-0.1, -0.05) is 376 Å². The van der Waals surface area contributed by atoms with Crippen LogP contribution in [0, 0.1) is 17.8 Å². The van der Waals surface area contributed by atoms with Crippen molar-refractivity contribution >= 4 is 39.5 Å². The summed E-state index contributed by atoms with van der Waals surface area (Å²) in [5, 5.41) is 10.6. The summed E-state index contributed by atoms with van der Waals surface area (Å²) in [7, 11) is -9.92. The molecular formula is C82H160O17P2. The number of phosphoric acid groups is 2. The fraction of sp³-hybridized carbons (Fsp3) is 0.951. The summed E-state index contributed by atoms with van der Waals surface area (Å²) in [5.74, 6) is 0.180. The molecule has 3 unspecified atom stereocenters. The maximum absolute atomic E-state index is 13.1. The molecule has 600 valence electrons. The summed E-state index contributed by atoms with van der Waals surface area (Å²) < 4.78 is 68.7. The topological polar surface area (TPSA) is 237 Å². The van der Waals surface area contributed by atoms with Crippen LogP contribution in [0.25, 0.3) is 0 Å². The lowest BCUT2D eigenvalue weighted by Gasteiger charge is -2.21. The molecule has 0 aliphatic carbocycles. The van der Waals surface area contributed by atoms with E-state index >= 15 is 0 Å². The first-order chi connectivity index (χ1) is 48.8. The molecule has 0 aromatic carbocycles. The van der Waals surface area contributed by atoms with Gasteiger partial charge in [-0.25, -0.2) is 9.13 Å². The molecule has 0 aliphatic rings. The van der Waals surface area contributed by atoms with Gasteiger partial charge in [0.15, 0.2) is 12.2 Å². The largest absolute Gasteiger partial charge is 0.472 e. The molecule has 0 saturated carbocycles. The molecule has 0 amide bonds. The maximum Gasteiger partial charge on any atom is 0.472 e. The molecule has 0 bridgehead atoms. The van der Waals surface area contributed by atoms with E-state index in [0.29, 0.717) is 25.7 Å². The maximum atomic E-state index is 13.1. The third-order valence-electron chi connectivity index (χ3n) is 19.5. The van der Waals surface area contributed by atoms with Crippen LogP contribution >= 0.6 is 15.6 Å². The Hall–Kier alpha value is -1.94. The van der Waals surface area contributed by atoms with Gasteiger partial charge >= 0.3 is 39.5 Å². The second-order valence-electron chi connectivity index (χ2n) is 30.7. The van der Waals surface area contributed by atoms with Crippen molar-refractivity contribution < 1.29 is 80.2 Å². The van der Waals surface area contributed by atoms with Gasteiger partial charge in [-0.2, -0.15) is 0 Å². The number of phosphoric ester groups is 2. The first-order valence-electron chi connectivity index (χ1n) is 42.4. The minimum Gasteiger partial charge on any atom is -0.462 e. The number of aliphatic hydroxyl groups is 1. The van der Waals surface area contributed by atoms with Crippen molar-refractivity contribution in [3.8, 4) is 0 Å². The zero-order chi connectivity index (χ0) is 74.4. The highest BCUT2D eigenvalue weighted by atomic mass is 31.2. The van der Waals surface area contributed by atoms with Crippen molar-refractivity contribution in [2.75, 3.05) is 39.6 Å². The Morgan fingerprint density at radius 1 is 0.287 bits per heavy atom. The molecule has 0 rings (SSSR count). The van der Waals surface area contributed by atoms with E-state index in [1.54, 1.807) is 0 Å². The summed E-state index contributed by atoms with van der Waals surface area (Å²) in [6, 6.07) is 0. The van der Waals surface area contributed by atoms with E-state index in [0.717, 1.165) is 114 Å². The van der Waals surface area contributed by atoms with Gasteiger partial charge < -0.3 is 33.8 Å². The Morgan fingerprint density at radius 2 is 0.505 bits per heavy atom. The number of hydrogen-bond acceptors (Lipinski definition) is 15. The number of ether oxygens (including phenoxy) is 4. The van der Waals surface area contributed by atoms with Crippen LogP contribution < -0.4 is 0 Å². The number of hydrogen-bond donors (Lipinski definition) is 3. The van der Waals surface area contributed by atoms with Gasteiger partial charge in [-0.3, -0.25) is 37.3 Å². The van der Waals surface area contributed by atoms with E-state index in [9.17, 15) is 43.2 Å². The Bertz CT molecular complexity index is 1960. The van der Waals surface area contributed by atoms with Crippen molar-refractivity contribution in [1.82, 2.24) is 0 Å². The van der Waals surface area contributed by atoms with Crippen LogP contribution in [0.4, 0.5) is 0 Å². The monoisotopic (exact) mass is 1480 g/mol. The summed E-state index contributed by atoms with van der Waals surface area (Å²) >= 11 is 0. The van der Waals surface area contributed by atoms with Crippen molar-refractivity contribution in [2.24, 2.45) is 17.8 Å². The Morgan fingerprint density at radius 3 is 0.752 bits per heavy atom. The number of carbonyl (C=O) groups excluding carboxylic acids is 4. The molecule has 0 saturated heterocycles. The number of carbonyl (C=O) groups is 4. The number of rotatable bonds is 80. The minimum atomic E-state index is -4.96. The predicted molar refractivity (Wildman–Crippen MR) is 414 cm³/mol. The number of aliphatic hydroxyl groups excluding tert-OH is 1. The molecule has 101 heavy (non-hydrogen) atoms. The molecule has 0 aromatic heterocycles. The smallest absolute Gasteiger partial charge is 0.462 e. The van der Waals surface area contributed by atoms with Crippen LogP contribution in [-0.4, -0.2) is 96.7 Å². The molecule has 0 radical (unpaired) electrons. The Balaban J connectivity index is 5.23. The normalized spacial score (nSPS) is 14.2. The SMILES string of the molecule is CCCCCCCCCCCCCCCCCCCCCC(=O)OC[C@H](COP(=O)(O)OC[C@@H](O)COP(=O)(O)OC[C@@H](COC(=O)CCCCCCCCC(C)CC)OC(=O)CCCCCCCCCCCCC(C)C)OC(=O)CCCCCCCCCCCCCCCCCCC(C)C. The van der Waals surface area contributed by atoms with Crippen LogP contribution in [0.2, 0.25) is 0 Å². The third kappa shape index (κ3) is 74.7. The van der Waals surface area contributed by atoms with E-state index in [1.165, 1.54) is 231 Å². The van der Waals surface area contributed by atoms with Gasteiger partial charge in [-0.15, -0.1) is 0 Å². The highest BCUT2D eigenvalue weighted by Crippen LogP contribution is 2.45. The molecule has 0 aliphatic heterocycles. The zero-order valence-electron chi connectivity index (χ0n) is 66.4. The first-order valence-corrected chi connectivity index (χ1v) is 45.4. The lowest BCUT2D eigenvalue weighted by atomic mass is 10.00.